The molecule has 10 heteroatoms. The van der Waals surface area contributed by atoms with Gasteiger partial charge in [-0.05, 0) is 89.2 Å². The van der Waals surface area contributed by atoms with Gasteiger partial charge in [-0.2, -0.15) is 5.26 Å². The molecule has 1 amide bonds. The highest BCUT2D eigenvalue weighted by atomic mass is 127. The van der Waals surface area contributed by atoms with E-state index < -0.39 is 10.8 Å². The molecule has 0 aliphatic rings. The first kappa shape index (κ1) is 26.0. The van der Waals surface area contributed by atoms with Gasteiger partial charge in [0, 0.05) is 22.8 Å². The molecule has 3 aromatic carbocycles. The number of rotatable bonds is 9. The van der Waals surface area contributed by atoms with Crippen LogP contribution in [0, 0.1) is 25.0 Å². The number of nitro benzene ring substituents is 1. The van der Waals surface area contributed by atoms with Crippen molar-refractivity contribution in [1.29, 1.82) is 5.26 Å². The molecule has 0 heterocycles. The highest BCUT2D eigenvalue weighted by Crippen LogP contribution is 2.35. The van der Waals surface area contributed by atoms with Crippen LogP contribution in [-0.4, -0.2) is 17.4 Å². The number of benzene rings is 3. The van der Waals surface area contributed by atoms with Gasteiger partial charge in [-0.25, -0.2) is 0 Å². The largest absolute Gasteiger partial charge is 0.490 e. The van der Waals surface area contributed by atoms with Crippen LogP contribution in [0.4, 0.5) is 11.4 Å². The molecule has 3 rings (SSSR count). The van der Waals surface area contributed by atoms with E-state index in [0.29, 0.717) is 37.9 Å². The fourth-order valence-corrected chi connectivity index (χ4v) is 3.99. The molecule has 0 saturated heterocycles. The molecule has 0 aromatic heterocycles. The zero-order valence-electron chi connectivity index (χ0n) is 18.5. The maximum atomic E-state index is 12.6. The van der Waals surface area contributed by atoms with Crippen LogP contribution in [0.1, 0.15) is 18.1 Å². The number of nitriles is 1. The Bertz CT molecular complexity index is 1320. The zero-order valence-corrected chi connectivity index (χ0v) is 21.4. The number of hydrogen-bond donors (Lipinski definition) is 1. The van der Waals surface area contributed by atoms with Crippen molar-refractivity contribution in [2.45, 2.75) is 13.5 Å². The molecule has 0 bridgehead atoms. The third-order valence-corrected chi connectivity index (χ3v) is 5.66. The summed E-state index contributed by atoms with van der Waals surface area (Å²) < 4.78 is 12.4. The van der Waals surface area contributed by atoms with Crippen LogP contribution in [0.3, 0.4) is 0 Å². The Morgan fingerprint density at radius 2 is 1.94 bits per heavy atom. The van der Waals surface area contributed by atoms with Crippen LogP contribution in [0.2, 0.25) is 5.02 Å². The van der Waals surface area contributed by atoms with Crippen LogP contribution in [-0.2, 0) is 11.4 Å². The summed E-state index contributed by atoms with van der Waals surface area (Å²) >= 11 is 8.04. The minimum Gasteiger partial charge on any atom is -0.490 e. The average Bonchev–Trinajstić information content (AvgIpc) is 2.82. The van der Waals surface area contributed by atoms with E-state index in [9.17, 15) is 20.2 Å². The summed E-state index contributed by atoms with van der Waals surface area (Å²) in [5.74, 6) is 0.367. The smallest absolute Gasteiger partial charge is 0.269 e. The van der Waals surface area contributed by atoms with Gasteiger partial charge in [-0.3, -0.25) is 14.9 Å². The van der Waals surface area contributed by atoms with Gasteiger partial charge in [0.1, 0.15) is 18.2 Å². The maximum absolute atomic E-state index is 12.6. The van der Waals surface area contributed by atoms with Gasteiger partial charge >= 0.3 is 0 Å². The second kappa shape index (κ2) is 12.2. The van der Waals surface area contributed by atoms with Crippen molar-refractivity contribution in [2.75, 3.05) is 11.9 Å². The van der Waals surface area contributed by atoms with Gasteiger partial charge in [0.2, 0.25) is 0 Å². The Morgan fingerprint density at radius 3 is 2.57 bits per heavy atom. The first-order valence-electron chi connectivity index (χ1n) is 10.3. The SMILES string of the molecule is CCOc1cc(/C=C(/C#N)C(=O)Nc2cccc(Cl)c2)cc(I)c1OCc1ccc([N+](=O)[O-])cc1. The number of hydrogen-bond acceptors (Lipinski definition) is 6. The van der Waals surface area contributed by atoms with Gasteiger partial charge in [0.25, 0.3) is 11.6 Å². The van der Waals surface area contributed by atoms with Gasteiger partial charge in [-0.1, -0.05) is 17.7 Å². The minimum absolute atomic E-state index is 0.00201. The van der Waals surface area contributed by atoms with E-state index in [4.69, 9.17) is 21.1 Å². The van der Waals surface area contributed by atoms with Crippen molar-refractivity contribution in [1.82, 2.24) is 0 Å². The highest BCUT2D eigenvalue weighted by molar-refractivity contribution is 14.1. The topological polar surface area (TPSA) is 114 Å². The number of non-ortho nitro benzene ring substituents is 1. The predicted molar refractivity (Wildman–Crippen MR) is 141 cm³/mol. The van der Waals surface area contributed by atoms with Crippen molar-refractivity contribution >= 4 is 57.5 Å². The predicted octanol–water partition coefficient (Wildman–Crippen LogP) is 6.38. The zero-order chi connectivity index (χ0) is 25.4. The second-order valence-corrected chi connectivity index (χ2v) is 8.71. The lowest BCUT2D eigenvalue weighted by Gasteiger charge is -2.15. The van der Waals surface area contributed by atoms with E-state index in [1.54, 1.807) is 48.5 Å². The Kier molecular flexibility index (Phi) is 9.05. The number of nitrogens with zero attached hydrogens (tertiary/aromatic N) is 2. The number of nitro groups is 1. The van der Waals surface area contributed by atoms with Gasteiger partial charge in [0.05, 0.1) is 15.1 Å². The molecule has 35 heavy (non-hydrogen) atoms. The highest BCUT2D eigenvalue weighted by Gasteiger charge is 2.15. The molecule has 0 radical (unpaired) electrons. The molecule has 0 fully saturated rings. The number of amides is 1. The van der Waals surface area contributed by atoms with E-state index in [-0.39, 0.29) is 17.9 Å². The molecular formula is C25H19ClIN3O5. The van der Waals surface area contributed by atoms with Crippen molar-refractivity contribution < 1.29 is 19.2 Å². The quantitative estimate of drug-likeness (QED) is 0.0999. The Hall–Kier alpha value is -3.62. The Labute approximate surface area is 220 Å². The summed E-state index contributed by atoms with van der Waals surface area (Å²) in [6.45, 7) is 2.38. The van der Waals surface area contributed by atoms with Gasteiger partial charge < -0.3 is 14.8 Å². The van der Waals surface area contributed by atoms with Crippen molar-refractivity contribution in [2.24, 2.45) is 0 Å². The van der Waals surface area contributed by atoms with Gasteiger partial charge in [-0.15, -0.1) is 0 Å². The van der Waals surface area contributed by atoms with Crippen molar-refractivity contribution in [3.05, 3.63) is 96.1 Å². The number of carbonyl (C=O) groups is 1. The fraction of sp³-hybridized carbons (Fsp3) is 0.120. The summed E-state index contributed by atoms with van der Waals surface area (Å²) in [5.41, 5.74) is 1.72. The molecule has 0 aliphatic carbocycles. The molecule has 0 spiro atoms. The summed E-state index contributed by atoms with van der Waals surface area (Å²) in [7, 11) is 0. The van der Waals surface area contributed by atoms with Crippen LogP contribution >= 0.6 is 34.2 Å². The van der Waals surface area contributed by atoms with Crippen molar-refractivity contribution in [3.8, 4) is 17.6 Å². The first-order chi connectivity index (χ1) is 16.8. The summed E-state index contributed by atoms with van der Waals surface area (Å²) in [6, 6.07) is 18.1. The van der Waals surface area contributed by atoms with E-state index in [2.05, 4.69) is 27.9 Å². The number of halogens is 2. The summed E-state index contributed by atoms with van der Waals surface area (Å²) in [6.07, 6.45) is 1.46. The second-order valence-electron chi connectivity index (χ2n) is 7.11. The van der Waals surface area contributed by atoms with Crippen LogP contribution < -0.4 is 14.8 Å². The standard InChI is InChI=1S/C25H19ClIN3O5/c1-2-34-23-12-17(10-18(14-28)25(31)29-20-5-3-4-19(26)13-20)11-22(27)24(23)35-15-16-6-8-21(9-7-16)30(32)33/h3-13H,2,15H2,1H3,(H,29,31)/b18-10-. The van der Waals surface area contributed by atoms with Gasteiger partial charge in [0.15, 0.2) is 11.5 Å². The van der Waals surface area contributed by atoms with Crippen LogP contribution in [0.25, 0.3) is 6.08 Å². The number of anilines is 1. The maximum Gasteiger partial charge on any atom is 0.269 e. The van der Waals surface area contributed by atoms with Crippen molar-refractivity contribution in [3.63, 3.8) is 0 Å². The number of nitrogens with one attached hydrogen (secondary N) is 1. The third-order valence-electron chi connectivity index (χ3n) is 4.62. The van der Waals surface area contributed by atoms with Crippen LogP contribution in [0.5, 0.6) is 11.5 Å². The Balaban J connectivity index is 1.82. The summed E-state index contributed by atoms with van der Waals surface area (Å²) in [4.78, 5) is 23.0. The molecule has 3 aromatic rings. The number of ether oxygens (including phenoxy) is 2. The lowest BCUT2D eigenvalue weighted by Crippen LogP contribution is -2.13. The Morgan fingerprint density at radius 1 is 1.20 bits per heavy atom. The molecule has 0 unspecified atom stereocenters. The normalized spacial score (nSPS) is 10.9. The van der Waals surface area contributed by atoms with E-state index in [0.717, 1.165) is 5.56 Å². The van der Waals surface area contributed by atoms with E-state index in [1.165, 1.54) is 18.2 Å². The molecule has 0 atom stereocenters. The van der Waals surface area contributed by atoms with E-state index in [1.807, 2.05) is 13.0 Å². The fourth-order valence-electron chi connectivity index (χ4n) is 3.02. The molecule has 0 saturated carbocycles. The molecule has 178 valence electrons. The molecule has 0 aliphatic heterocycles. The first-order valence-corrected chi connectivity index (χ1v) is 11.8. The number of carbonyl (C=O) groups excluding carboxylic acids is 1. The minimum atomic E-state index is -0.568. The lowest BCUT2D eigenvalue weighted by atomic mass is 10.1. The lowest BCUT2D eigenvalue weighted by molar-refractivity contribution is -0.384. The average molecular weight is 604 g/mol. The molecule has 1 N–H and O–H groups in total. The third kappa shape index (κ3) is 7.18. The van der Waals surface area contributed by atoms with Crippen LogP contribution in [0.15, 0.2) is 66.2 Å². The molecular weight excluding hydrogens is 585 g/mol. The summed E-state index contributed by atoms with van der Waals surface area (Å²) in [5, 5.41) is 23.5. The molecule has 8 nitrogen and oxygen atoms in total. The van der Waals surface area contributed by atoms with E-state index >= 15 is 0 Å². The monoisotopic (exact) mass is 603 g/mol.